The predicted molar refractivity (Wildman–Crippen MR) is 95.4 cm³/mol. The van der Waals surface area contributed by atoms with Gasteiger partial charge >= 0.3 is 0 Å². The normalized spacial score (nSPS) is 10.8. The van der Waals surface area contributed by atoms with E-state index < -0.39 is 0 Å². The van der Waals surface area contributed by atoms with E-state index in [9.17, 15) is 4.79 Å². The van der Waals surface area contributed by atoms with Crippen LogP contribution in [0.4, 0.5) is 0 Å². The van der Waals surface area contributed by atoms with E-state index in [1.165, 1.54) is 0 Å². The number of nitrogens with one attached hydrogen (secondary N) is 1. The van der Waals surface area contributed by atoms with E-state index in [1.807, 2.05) is 55.8 Å². The quantitative estimate of drug-likeness (QED) is 0.776. The number of aromatic nitrogens is 3. The number of carbonyl (C=O) groups excluding carboxylic acids is 1. The Balaban J connectivity index is 1.70. The highest BCUT2D eigenvalue weighted by Gasteiger charge is 2.12. The molecule has 0 spiro atoms. The van der Waals surface area contributed by atoms with Crippen molar-refractivity contribution in [2.24, 2.45) is 0 Å². The van der Waals surface area contributed by atoms with Crippen molar-refractivity contribution < 1.29 is 4.79 Å². The Bertz CT molecular complexity index is 866. The van der Waals surface area contributed by atoms with Gasteiger partial charge in [-0.2, -0.15) is 0 Å². The first-order chi connectivity index (χ1) is 11.5. The summed E-state index contributed by atoms with van der Waals surface area (Å²) in [6, 6.07) is 8.02. The van der Waals surface area contributed by atoms with Gasteiger partial charge in [-0.25, -0.2) is 9.97 Å². The second kappa shape index (κ2) is 6.97. The highest BCUT2D eigenvalue weighted by Crippen LogP contribution is 2.18. The molecule has 1 aromatic carbocycles. The van der Waals surface area contributed by atoms with E-state index in [0.29, 0.717) is 13.0 Å². The number of thiazole rings is 1. The second-order valence-corrected chi connectivity index (χ2v) is 7.07. The SMILES string of the molecule is Cc1nc(CC(=O)NCc2ccccc2-n2ccnc2C)c(C)s1. The molecule has 2 aromatic heterocycles. The minimum absolute atomic E-state index is 0.0134. The number of benzene rings is 1. The molecule has 24 heavy (non-hydrogen) atoms. The molecule has 0 aliphatic rings. The van der Waals surface area contributed by atoms with Crippen LogP contribution in [-0.4, -0.2) is 20.4 Å². The Morgan fingerprint density at radius 2 is 2.04 bits per heavy atom. The van der Waals surface area contributed by atoms with Crippen molar-refractivity contribution in [2.45, 2.75) is 33.7 Å². The Hall–Kier alpha value is -2.47. The number of aryl methyl sites for hydroxylation is 3. The van der Waals surface area contributed by atoms with Crippen molar-refractivity contribution in [3.63, 3.8) is 0 Å². The van der Waals surface area contributed by atoms with E-state index in [-0.39, 0.29) is 5.91 Å². The maximum atomic E-state index is 12.2. The molecule has 0 saturated heterocycles. The summed E-state index contributed by atoms with van der Waals surface area (Å²) in [5.74, 6) is 0.905. The van der Waals surface area contributed by atoms with Gasteiger partial charge in [-0.1, -0.05) is 18.2 Å². The molecule has 1 N–H and O–H groups in total. The average molecular weight is 340 g/mol. The fourth-order valence-corrected chi connectivity index (χ4v) is 3.51. The number of hydrogen-bond acceptors (Lipinski definition) is 4. The van der Waals surface area contributed by atoms with E-state index in [4.69, 9.17) is 0 Å². The molecule has 0 atom stereocenters. The number of carbonyl (C=O) groups is 1. The number of rotatable bonds is 5. The molecule has 6 heteroatoms. The van der Waals surface area contributed by atoms with Gasteiger partial charge in [0.25, 0.3) is 0 Å². The Morgan fingerprint density at radius 3 is 2.71 bits per heavy atom. The third-order valence-electron chi connectivity index (χ3n) is 3.88. The first kappa shape index (κ1) is 16.4. The maximum Gasteiger partial charge on any atom is 0.226 e. The first-order valence-electron chi connectivity index (χ1n) is 7.82. The summed E-state index contributed by atoms with van der Waals surface area (Å²) >= 11 is 1.63. The van der Waals surface area contributed by atoms with Crippen molar-refractivity contribution in [1.82, 2.24) is 19.9 Å². The molecule has 0 saturated carbocycles. The van der Waals surface area contributed by atoms with Crippen LogP contribution in [0.1, 0.15) is 27.0 Å². The zero-order valence-electron chi connectivity index (χ0n) is 14.0. The lowest BCUT2D eigenvalue weighted by Gasteiger charge is -2.12. The Morgan fingerprint density at radius 1 is 1.25 bits per heavy atom. The molecule has 3 rings (SSSR count). The summed E-state index contributed by atoms with van der Waals surface area (Å²) < 4.78 is 2.02. The molecule has 0 aliphatic carbocycles. The molecular weight excluding hydrogens is 320 g/mol. The third kappa shape index (κ3) is 3.54. The Labute approximate surface area is 145 Å². The van der Waals surface area contributed by atoms with Crippen LogP contribution >= 0.6 is 11.3 Å². The summed E-state index contributed by atoms with van der Waals surface area (Å²) in [6.45, 7) is 6.41. The van der Waals surface area contributed by atoms with Crippen LogP contribution in [-0.2, 0) is 17.8 Å². The molecular formula is C18H20N4OS. The van der Waals surface area contributed by atoms with Gasteiger partial charge in [-0.15, -0.1) is 11.3 Å². The lowest BCUT2D eigenvalue weighted by atomic mass is 10.1. The molecule has 0 fully saturated rings. The lowest BCUT2D eigenvalue weighted by Crippen LogP contribution is -2.25. The van der Waals surface area contributed by atoms with Gasteiger partial charge in [-0.05, 0) is 32.4 Å². The summed E-state index contributed by atoms with van der Waals surface area (Å²) in [5, 5.41) is 3.99. The van der Waals surface area contributed by atoms with Gasteiger partial charge in [0, 0.05) is 23.8 Å². The van der Waals surface area contributed by atoms with Crippen molar-refractivity contribution in [3.05, 3.63) is 63.6 Å². The van der Waals surface area contributed by atoms with E-state index in [2.05, 4.69) is 15.3 Å². The summed E-state index contributed by atoms with van der Waals surface area (Å²) in [6.07, 6.45) is 4.03. The van der Waals surface area contributed by atoms with Crippen LogP contribution in [0.3, 0.4) is 0 Å². The summed E-state index contributed by atoms with van der Waals surface area (Å²) in [4.78, 5) is 22.0. The van der Waals surface area contributed by atoms with Gasteiger partial charge in [-0.3, -0.25) is 4.79 Å². The first-order valence-corrected chi connectivity index (χ1v) is 8.64. The summed E-state index contributed by atoms with van der Waals surface area (Å²) in [7, 11) is 0. The predicted octanol–water partition coefficient (Wildman–Crippen LogP) is 3.11. The van der Waals surface area contributed by atoms with Crippen molar-refractivity contribution in [2.75, 3.05) is 0 Å². The Kier molecular flexibility index (Phi) is 4.76. The number of hydrogen-bond donors (Lipinski definition) is 1. The second-order valence-electron chi connectivity index (χ2n) is 5.66. The van der Waals surface area contributed by atoms with Crippen LogP contribution in [0.5, 0.6) is 0 Å². The molecule has 3 aromatic rings. The maximum absolute atomic E-state index is 12.2. The van der Waals surface area contributed by atoms with Gasteiger partial charge in [0.15, 0.2) is 0 Å². The largest absolute Gasteiger partial charge is 0.352 e. The molecule has 2 heterocycles. The molecule has 0 radical (unpaired) electrons. The van der Waals surface area contributed by atoms with Crippen molar-refractivity contribution in [1.29, 1.82) is 0 Å². The van der Waals surface area contributed by atoms with Gasteiger partial charge in [0.05, 0.1) is 22.8 Å². The molecule has 0 aliphatic heterocycles. The van der Waals surface area contributed by atoms with E-state index in [1.54, 1.807) is 17.5 Å². The molecule has 124 valence electrons. The van der Waals surface area contributed by atoms with Crippen LogP contribution in [0.25, 0.3) is 5.69 Å². The van der Waals surface area contributed by atoms with Gasteiger partial charge in [0.1, 0.15) is 5.82 Å². The van der Waals surface area contributed by atoms with E-state index >= 15 is 0 Å². The van der Waals surface area contributed by atoms with Crippen LogP contribution in [0.15, 0.2) is 36.7 Å². The number of imidazole rings is 1. The standard InChI is InChI=1S/C18H20N4OS/c1-12-16(21-14(3)24-12)10-18(23)20-11-15-6-4-5-7-17(15)22-9-8-19-13(22)2/h4-9H,10-11H2,1-3H3,(H,20,23). The minimum atomic E-state index is -0.0134. The van der Waals surface area contributed by atoms with Crippen LogP contribution < -0.4 is 5.32 Å². The third-order valence-corrected chi connectivity index (χ3v) is 4.81. The lowest BCUT2D eigenvalue weighted by molar-refractivity contribution is -0.120. The van der Waals surface area contributed by atoms with Crippen molar-refractivity contribution >= 4 is 17.2 Å². The fourth-order valence-electron chi connectivity index (χ4n) is 2.67. The van der Waals surface area contributed by atoms with Crippen LogP contribution in [0, 0.1) is 20.8 Å². The monoisotopic (exact) mass is 340 g/mol. The van der Waals surface area contributed by atoms with Gasteiger partial charge < -0.3 is 9.88 Å². The fraction of sp³-hybridized carbons (Fsp3) is 0.278. The topological polar surface area (TPSA) is 59.8 Å². The molecule has 1 amide bonds. The minimum Gasteiger partial charge on any atom is -0.352 e. The highest BCUT2D eigenvalue weighted by molar-refractivity contribution is 7.11. The van der Waals surface area contributed by atoms with E-state index in [0.717, 1.165) is 32.7 Å². The van der Waals surface area contributed by atoms with Crippen LogP contribution in [0.2, 0.25) is 0 Å². The summed E-state index contributed by atoms with van der Waals surface area (Å²) in [5.41, 5.74) is 2.96. The number of nitrogens with zero attached hydrogens (tertiary/aromatic N) is 3. The van der Waals surface area contributed by atoms with Crippen molar-refractivity contribution in [3.8, 4) is 5.69 Å². The molecule has 5 nitrogen and oxygen atoms in total. The number of amides is 1. The zero-order valence-corrected chi connectivity index (χ0v) is 14.9. The zero-order chi connectivity index (χ0) is 17.1. The average Bonchev–Trinajstić information content (AvgIpc) is 3.11. The smallest absolute Gasteiger partial charge is 0.226 e. The van der Waals surface area contributed by atoms with Gasteiger partial charge in [0.2, 0.25) is 5.91 Å². The highest BCUT2D eigenvalue weighted by atomic mass is 32.1. The molecule has 0 unspecified atom stereocenters. The molecule has 0 bridgehead atoms. The number of para-hydroxylation sites is 1.